The van der Waals surface area contributed by atoms with Crippen molar-refractivity contribution in [1.29, 1.82) is 0 Å². The highest BCUT2D eigenvalue weighted by Gasteiger charge is 2.82. The van der Waals surface area contributed by atoms with Gasteiger partial charge in [0.05, 0.1) is 11.8 Å². The summed E-state index contributed by atoms with van der Waals surface area (Å²) in [6.07, 6.45) is 8.43. The zero-order valence-electron chi connectivity index (χ0n) is 38.5. The van der Waals surface area contributed by atoms with Gasteiger partial charge < -0.3 is 19.5 Å². The van der Waals surface area contributed by atoms with Crippen LogP contribution in [0.3, 0.4) is 0 Å². The summed E-state index contributed by atoms with van der Waals surface area (Å²) < 4.78 is 12.8. The van der Waals surface area contributed by atoms with E-state index in [1.165, 1.54) is 12.5 Å². The maximum atomic E-state index is 14.6. The van der Waals surface area contributed by atoms with Crippen molar-refractivity contribution in [2.75, 3.05) is 33.7 Å². The summed E-state index contributed by atoms with van der Waals surface area (Å²) in [7, 11) is 4.16. The van der Waals surface area contributed by atoms with Gasteiger partial charge in [-0.3, -0.25) is 24.1 Å². The number of hydrogen-bond donors (Lipinski definition) is 1. The molecule has 1 N–H and O–H groups in total. The predicted octanol–water partition coefficient (Wildman–Crippen LogP) is 9.78. The Kier molecular flexibility index (Phi) is 11.7. The van der Waals surface area contributed by atoms with Crippen LogP contribution in [-0.2, 0) is 35.2 Å². The molecule has 5 fully saturated rings. The lowest BCUT2D eigenvalue weighted by molar-refractivity contribution is -0.221. The summed E-state index contributed by atoms with van der Waals surface area (Å²) >= 11 is 6.28. The van der Waals surface area contributed by atoms with Crippen LogP contribution in [0.4, 0.5) is 0 Å². The fraction of sp³-hybridized carbons (Fsp3) is 0.760. The molecule has 0 saturated heterocycles. The molecule has 5 saturated carbocycles. The number of nitrogens with zero attached hydrogens (tertiary/aromatic N) is 2. The van der Waals surface area contributed by atoms with Crippen LogP contribution in [0.25, 0.3) is 0 Å². The number of carboxylic acids is 1. The van der Waals surface area contributed by atoms with Gasteiger partial charge in [-0.05, 0) is 154 Å². The second-order valence-corrected chi connectivity index (χ2v) is 22.9. The molecule has 60 heavy (non-hydrogen) atoms. The highest BCUT2D eigenvalue weighted by molar-refractivity contribution is 6.30. The number of carbonyl (C=O) groups excluding carboxylic acids is 3. The SMILES string of the molecule is CC(=O)OC(CN(CCN(C)C)Cc1ccc(Cl)cc1)C12CC[C@]3(C)[C@H](CC[C@@H]4[C@@]5(C)CC[C@H](OC(=O)CC(C)(C)C(=O)O)C6(C)C[C@]65CC[C@]43C)C1=C(C(C)C)C(=O)C2. The Morgan fingerprint density at radius 1 is 0.900 bits per heavy atom. The molecule has 1 aromatic carbocycles. The fourth-order valence-electron chi connectivity index (χ4n) is 14.9. The number of fused-ring (bicyclic) bond motifs is 6. The van der Waals surface area contributed by atoms with Gasteiger partial charge in [0.1, 0.15) is 12.2 Å². The van der Waals surface area contributed by atoms with Crippen LogP contribution < -0.4 is 0 Å². The van der Waals surface area contributed by atoms with E-state index in [1.54, 1.807) is 13.8 Å². The van der Waals surface area contributed by atoms with Crippen LogP contribution in [0.2, 0.25) is 5.02 Å². The van der Waals surface area contributed by atoms with Gasteiger partial charge in [0.2, 0.25) is 0 Å². The van der Waals surface area contributed by atoms with Gasteiger partial charge in [-0.2, -0.15) is 0 Å². The second kappa shape index (κ2) is 15.5. The number of carbonyl (C=O) groups is 4. The van der Waals surface area contributed by atoms with Gasteiger partial charge in [0.25, 0.3) is 0 Å². The molecule has 9 nitrogen and oxygen atoms in total. The predicted molar refractivity (Wildman–Crippen MR) is 234 cm³/mol. The molecule has 0 heterocycles. The summed E-state index contributed by atoms with van der Waals surface area (Å²) in [5.41, 5.74) is 1.68. The first-order valence-corrected chi connectivity index (χ1v) is 23.3. The van der Waals surface area contributed by atoms with Crippen molar-refractivity contribution in [3.05, 3.63) is 46.0 Å². The molecule has 6 aliphatic carbocycles. The molecule has 7 rings (SSSR count). The second-order valence-electron chi connectivity index (χ2n) is 22.5. The van der Waals surface area contributed by atoms with Crippen molar-refractivity contribution in [3.63, 3.8) is 0 Å². The Bertz CT molecular complexity index is 1930. The Morgan fingerprint density at radius 3 is 2.18 bits per heavy atom. The number of benzene rings is 1. The number of carboxylic acid groups (broad SMARTS) is 1. The number of rotatable bonds is 14. The smallest absolute Gasteiger partial charge is 0.309 e. The molecule has 10 heteroatoms. The van der Waals surface area contributed by atoms with Crippen molar-refractivity contribution in [3.8, 4) is 0 Å². The molecular weight excluding hydrogens is 776 g/mol. The first-order chi connectivity index (χ1) is 27.9. The van der Waals surface area contributed by atoms with E-state index in [-0.39, 0.29) is 63.2 Å². The standard InChI is InChI=1S/C50H73ClN2O7/c1-31(2)41-36(55)26-49(39(59-32(3)54)29-53(25-24-52(10)11)28-33-12-14-34(51)15-13-33)22-20-45(6)35(42(41)49)16-17-37-46(45,7)21-23-50-30-48(50,9)38(18-19-47(37,50)8)60-40(56)27-44(4,5)43(57)58/h12-15,31,35,37-39H,16-30H2,1-11H3,(H,57,58)/t35-,37+,38+,39?,45-,46-,47-,48?,49?,50+/m1/s1. The molecule has 10 atom stereocenters. The normalized spacial score (nSPS) is 37.5. The number of ketones is 1. The van der Waals surface area contributed by atoms with Gasteiger partial charge in [0.15, 0.2) is 5.78 Å². The molecule has 6 aliphatic rings. The van der Waals surface area contributed by atoms with Crippen molar-refractivity contribution in [2.24, 2.45) is 55.7 Å². The molecule has 0 radical (unpaired) electrons. The summed E-state index contributed by atoms with van der Waals surface area (Å²) in [6.45, 7) is 21.9. The summed E-state index contributed by atoms with van der Waals surface area (Å²) in [5.74, 6) is -0.714. The van der Waals surface area contributed by atoms with Gasteiger partial charge >= 0.3 is 17.9 Å². The number of Topliss-reactive ketones (excluding diaryl/α,β-unsaturated/α-hetero) is 1. The topological polar surface area (TPSA) is 113 Å². The third-order valence-corrected chi connectivity index (χ3v) is 18.6. The minimum atomic E-state index is -1.17. The number of allylic oxidation sites excluding steroid dienone is 1. The lowest BCUT2D eigenvalue weighted by Gasteiger charge is -2.71. The molecule has 0 aromatic heterocycles. The number of aliphatic carboxylic acids is 1. The minimum Gasteiger partial charge on any atom is -0.481 e. The van der Waals surface area contributed by atoms with E-state index in [0.717, 1.165) is 82.0 Å². The van der Waals surface area contributed by atoms with Gasteiger partial charge in [0, 0.05) is 55.4 Å². The molecule has 1 spiro atoms. The average molecular weight is 850 g/mol. The van der Waals surface area contributed by atoms with E-state index < -0.39 is 28.9 Å². The van der Waals surface area contributed by atoms with E-state index in [9.17, 15) is 24.3 Å². The van der Waals surface area contributed by atoms with Crippen LogP contribution in [0, 0.1) is 55.7 Å². The van der Waals surface area contributed by atoms with Crippen LogP contribution in [0.5, 0.6) is 0 Å². The molecule has 0 aliphatic heterocycles. The zero-order chi connectivity index (χ0) is 44.0. The van der Waals surface area contributed by atoms with Crippen LogP contribution in [-0.4, -0.2) is 84.5 Å². The van der Waals surface area contributed by atoms with Crippen molar-refractivity contribution in [1.82, 2.24) is 9.80 Å². The Balaban J connectivity index is 1.21. The quantitative estimate of drug-likeness (QED) is 0.183. The highest BCUT2D eigenvalue weighted by Crippen LogP contribution is 2.87. The maximum absolute atomic E-state index is 14.6. The fourth-order valence-corrected chi connectivity index (χ4v) is 15.0. The summed E-state index contributed by atoms with van der Waals surface area (Å²) in [4.78, 5) is 57.4. The Labute approximate surface area is 364 Å². The molecular formula is C50H73ClN2O7. The van der Waals surface area contributed by atoms with Gasteiger partial charge in [-0.25, -0.2) is 0 Å². The number of ether oxygens (including phenoxy) is 2. The highest BCUT2D eigenvalue weighted by atomic mass is 35.5. The lowest BCUT2D eigenvalue weighted by atomic mass is 9.33. The number of hydrogen-bond acceptors (Lipinski definition) is 8. The largest absolute Gasteiger partial charge is 0.481 e. The average Bonchev–Trinajstić information content (AvgIpc) is 3.68. The van der Waals surface area contributed by atoms with Gasteiger partial charge in [-0.1, -0.05) is 65.3 Å². The first kappa shape index (κ1) is 45.3. The third-order valence-electron chi connectivity index (χ3n) is 18.4. The molecule has 3 unspecified atom stereocenters. The summed E-state index contributed by atoms with van der Waals surface area (Å²) in [5, 5.41) is 10.4. The van der Waals surface area contributed by atoms with Gasteiger partial charge in [-0.15, -0.1) is 0 Å². The van der Waals surface area contributed by atoms with E-state index in [4.69, 9.17) is 21.1 Å². The van der Waals surface area contributed by atoms with Crippen molar-refractivity contribution >= 4 is 35.3 Å². The van der Waals surface area contributed by atoms with E-state index >= 15 is 0 Å². The summed E-state index contributed by atoms with van der Waals surface area (Å²) in [6, 6.07) is 7.99. The number of esters is 2. The Morgan fingerprint density at radius 2 is 1.57 bits per heavy atom. The molecule has 0 amide bonds. The zero-order valence-corrected chi connectivity index (χ0v) is 39.2. The third kappa shape index (κ3) is 7.01. The van der Waals surface area contributed by atoms with Crippen LogP contribution in [0.15, 0.2) is 35.4 Å². The van der Waals surface area contributed by atoms with Crippen molar-refractivity contribution < 1.29 is 33.8 Å². The van der Waals surface area contributed by atoms with Crippen molar-refractivity contribution in [2.45, 2.75) is 152 Å². The molecule has 0 bridgehead atoms. The first-order valence-electron chi connectivity index (χ1n) is 22.9. The number of likely N-dealkylation sites (N-methyl/N-ethyl adjacent to an activating group) is 1. The molecule has 332 valence electrons. The minimum absolute atomic E-state index is 0.0184. The van der Waals surface area contributed by atoms with E-state index in [1.807, 2.05) is 12.1 Å². The monoisotopic (exact) mass is 849 g/mol. The van der Waals surface area contributed by atoms with E-state index in [2.05, 4.69) is 77.6 Å². The lowest BCUT2D eigenvalue weighted by Crippen LogP contribution is -2.65. The number of halogens is 1. The van der Waals surface area contributed by atoms with Crippen LogP contribution in [0.1, 0.15) is 139 Å². The van der Waals surface area contributed by atoms with Crippen LogP contribution >= 0.6 is 11.6 Å². The maximum Gasteiger partial charge on any atom is 0.309 e. The van der Waals surface area contributed by atoms with E-state index in [0.29, 0.717) is 30.5 Å². The Hall–Kier alpha value is -2.75. The molecule has 1 aromatic rings.